The van der Waals surface area contributed by atoms with E-state index in [-0.39, 0.29) is 47.1 Å². The van der Waals surface area contributed by atoms with Crippen molar-refractivity contribution in [2.24, 2.45) is 47.0 Å². The number of piperazine rings is 1. The Hall–Kier alpha value is -2.60. The zero-order valence-electron chi connectivity index (χ0n) is 28.1. The second kappa shape index (κ2) is 12.1. The van der Waals surface area contributed by atoms with Crippen molar-refractivity contribution in [3.8, 4) is 0 Å². The van der Waals surface area contributed by atoms with Crippen LogP contribution >= 0.6 is 0 Å². The van der Waals surface area contributed by atoms with Gasteiger partial charge in [-0.2, -0.15) is 0 Å². The fraction of sp³-hybridized carbons (Fsp3) is 0.882. The highest BCUT2D eigenvalue weighted by Gasteiger charge is 2.53. The van der Waals surface area contributed by atoms with E-state index in [1.165, 1.54) is 48.3 Å². The molecule has 8 bridgehead atoms. The van der Waals surface area contributed by atoms with Crippen LogP contribution in [0.4, 0.5) is 9.59 Å². The molecule has 12 heteroatoms. The van der Waals surface area contributed by atoms with Gasteiger partial charge in [0.15, 0.2) is 11.9 Å². The summed E-state index contributed by atoms with van der Waals surface area (Å²) in [5, 5.41) is 23.2. The minimum absolute atomic E-state index is 0.118. The van der Waals surface area contributed by atoms with Gasteiger partial charge in [0, 0.05) is 62.4 Å². The van der Waals surface area contributed by atoms with Gasteiger partial charge in [-0.05, 0) is 126 Å². The lowest BCUT2D eigenvalue weighted by molar-refractivity contribution is -0.0156. The van der Waals surface area contributed by atoms with Gasteiger partial charge >= 0.3 is 12.1 Å². The average Bonchev–Trinajstić information content (AvgIpc) is 2.93. The summed E-state index contributed by atoms with van der Waals surface area (Å²) in [5.41, 5.74) is 11.7. The van der Waals surface area contributed by atoms with E-state index in [4.69, 9.17) is 22.3 Å². The summed E-state index contributed by atoms with van der Waals surface area (Å²) < 4.78 is 0. The van der Waals surface area contributed by atoms with Crippen LogP contribution < -0.4 is 22.1 Å². The molecule has 0 unspecified atom stereocenters. The van der Waals surface area contributed by atoms with Gasteiger partial charge in [0.05, 0.1) is 0 Å². The number of hydrogen-bond donors (Lipinski definition) is 6. The smallest absolute Gasteiger partial charge is 0.324 e. The molecule has 8 N–H and O–H groups in total. The van der Waals surface area contributed by atoms with Gasteiger partial charge in [0.2, 0.25) is 0 Å². The van der Waals surface area contributed by atoms with Gasteiger partial charge in [-0.1, -0.05) is 0 Å². The molecule has 1 heterocycles. The molecule has 2 atom stereocenters. The van der Waals surface area contributed by atoms with Gasteiger partial charge in [0.25, 0.3) is 0 Å². The van der Waals surface area contributed by atoms with Crippen molar-refractivity contribution >= 4 is 24.0 Å². The fourth-order valence-corrected chi connectivity index (χ4v) is 12.1. The lowest BCUT2D eigenvalue weighted by Crippen LogP contribution is -2.64. The molecule has 0 aromatic heterocycles. The van der Waals surface area contributed by atoms with Crippen LogP contribution in [0.15, 0.2) is 0 Å². The maximum absolute atomic E-state index is 13.5. The molecule has 9 rings (SSSR count). The summed E-state index contributed by atoms with van der Waals surface area (Å²) in [4.78, 5) is 34.6. The Morgan fingerprint density at radius 1 is 0.630 bits per heavy atom. The van der Waals surface area contributed by atoms with Crippen molar-refractivity contribution in [2.45, 2.75) is 114 Å². The number of nitrogens with two attached hydrogens (primary N) is 2. The second-order valence-corrected chi connectivity index (χ2v) is 17.0. The molecule has 1 saturated heterocycles. The van der Waals surface area contributed by atoms with Gasteiger partial charge in [-0.25, -0.2) is 9.59 Å². The van der Waals surface area contributed by atoms with E-state index < -0.39 is 0 Å². The SMILES string of the molecule is C[C@@H]1CN(CCN(C(=N)N)C(=O)NC23CC4CC(CC(C4)C2)C3)[C@@H](C)CN1CCN(C(=N)N)C(=O)NC12CC3CC(CC(C3)C1)C2. The van der Waals surface area contributed by atoms with Crippen LogP contribution in [0.5, 0.6) is 0 Å². The molecule has 8 saturated carbocycles. The molecule has 0 radical (unpaired) electrons. The van der Waals surface area contributed by atoms with Crippen molar-refractivity contribution in [3.05, 3.63) is 0 Å². The highest BCUT2D eigenvalue weighted by atomic mass is 16.2. The van der Waals surface area contributed by atoms with Gasteiger partial charge in [-0.15, -0.1) is 0 Å². The Bertz CT molecular complexity index is 1060. The first-order valence-corrected chi connectivity index (χ1v) is 18.2. The quantitative estimate of drug-likeness (QED) is 0.176. The van der Waals surface area contributed by atoms with Crippen molar-refractivity contribution in [1.82, 2.24) is 30.2 Å². The molecule has 9 aliphatic rings. The van der Waals surface area contributed by atoms with Crippen LogP contribution in [0.1, 0.15) is 90.9 Å². The predicted octanol–water partition coefficient (Wildman–Crippen LogP) is 3.13. The number of carbonyl (C=O) groups is 2. The predicted molar refractivity (Wildman–Crippen MR) is 178 cm³/mol. The number of amides is 4. The number of nitrogens with zero attached hydrogens (tertiary/aromatic N) is 4. The van der Waals surface area contributed by atoms with Crippen molar-refractivity contribution < 1.29 is 9.59 Å². The molecule has 46 heavy (non-hydrogen) atoms. The number of rotatable bonds is 8. The van der Waals surface area contributed by atoms with Gasteiger partial charge in [-0.3, -0.25) is 30.4 Å². The number of carbonyl (C=O) groups excluding carboxylic acids is 2. The van der Waals surface area contributed by atoms with Gasteiger partial charge in [0.1, 0.15) is 0 Å². The van der Waals surface area contributed by atoms with Crippen molar-refractivity contribution in [2.75, 3.05) is 39.3 Å². The molecule has 0 aromatic carbocycles. The topological polar surface area (TPSA) is 171 Å². The number of guanidine groups is 2. The molecule has 0 spiro atoms. The highest BCUT2D eigenvalue weighted by molar-refractivity contribution is 5.94. The first-order chi connectivity index (χ1) is 21.9. The largest absolute Gasteiger partial charge is 0.370 e. The van der Waals surface area contributed by atoms with E-state index in [0.29, 0.717) is 26.2 Å². The maximum Gasteiger partial charge on any atom is 0.324 e. The number of hydrogen-bond acceptors (Lipinski definition) is 6. The third-order valence-electron chi connectivity index (χ3n) is 13.4. The third-order valence-corrected chi connectivity index (χ3v) is 13.4. The maximum atomic E-state index is 13.5. The van der Waals surface area contributed by atoms with Crippen LogP contribution in [0.2, 0.25) is 0 Å². The van der Waals surface area contributed by atoms with Crippen LogP contribution in [-0.2, 0) is 0 Å². The van der Waals surface area contributed by atoms with Crippen LogP contribution in [0, 0.1) is 46.3 Å². The minimum atomic E-state index is -0.218. The zero-order chi connectivity index (χ0) is 32.4. The highest BCUT2D eigenvalue weighted by Crippen LogP contribution is 2.56. The molecule has 1 aliphatic heterocycles. The molecule has 0 aromatic rings. The van der Waals surface area contributed by atoms with Crippen molar-refractivity contribution in [1.29, 1.82) is 10.8 Å². The fourth-order valence-electron chi connectivity index (χ4n) is 12.1. The van der Waals surface area contributed by atoms with Crippen molar-refractivity contribution in [3.63, 3.8) is 0 Å². The van der Waals surface area contributed by atoms with E-state index in [1.807, 2.05) is 0 Å². The molecule has 256 valence electrons. The lowest BCUT2D eigenvalue weighted by atomic mass is 9.53. The molecule has 8 aliphatic carbocycles. The van der Waals surface area contributed by atoms with E-state index in [0.717, 1.165) is 87.1 Å². The number of nitrogens with one attached hydrogen (secondary N) is 4. The number of urea groups is 2. The van der Waals surface area contributed by atoms with E-state index in [1.54, 1.807) is 0 Å². The van der Waals surface area contributed by atoms with Crippen LogP contribution in [-0.4, -0.2) is 106 Å². The third kappa shape index (κ3) is 6.32. The molecular formula is C34H58N10O2. The lowest BCUT2D eigenvalue weighted by Gasteiger charge is -2.57. The molecule has 12 nitrogen and oxygen atoms in total. The Kier molecular flexibility index (Phi) is 8.43. The standard InChI is InChI=1S/C34H58N10O2/c1-21-19-42(4-6-44(30(37)38)32(46)40-34-16-26-10-27(17-34)12-28(11-26)18-34)22(2)20-41(21)3-5-43(29(35)36)31(45)39-33-13-23-7-24(14-33)9-25(8-23)15-33/h21-28H,3-20H2,1-2H3,(H3,35,36)(H3,37,38)(H,39,45)(H,40,46)/t21-,22+,23?,24?,25?,26?,27?,28?,33?,34?. The molecular weight excluding hydrogens is 580 g/mol. The van der Waals surface area contributed by atoms with E-state index in [9.17, 15) is 9.59 Å². The minimum Gasteiger partial charge on any atom is -0.370 e. The Morgan fingerprint density at radius 2 is 0.913 bits per heavy atom. The summed E-state index contributed by atoms with van der Waals surface area (Å²) >= 11 is 0. The monoisotopic (exact) mass is 638 g/mol. The Morgan fingerprint density at radius 3 is 1.17 bits per heavy atom. The normalized spacial score (nSPS) is 40.9. The first-order valence-electron chi connectivity index (χ1n) is 18.2. The summed E-state index contributed by atoms with van der Waals surface area (Å²) in [6, 6.07) is 0.0144. The van der Waals surface area contributed by atoms with Crippen LogP contribution in [0.25, 0.3) is 0 Å². The summed E-state index contributed by atoms with van der Waals surface area (Å²) in [7, 11) is 0. The Balaban J connectivity index is 0.898. The summed E-state index contributed by atoms with van der Waals surface area (Å²) in [6.45, 7) is 8.04. The molecule has 9 fully saturated rings. The average molecular weight is 639 g/mol. The Labute approximate surface area is 274 Å². The molecule has 4 amide bonds. The second-order valence-electron chi connectivity index (χ2n) is 17.0. The van der Waals surface area contributed by atoms with E-state index >= 15 is 0 Å². The summed E-state index contributed by atoms with van der Waals surface area (Å²) in [5.74, 6) is 3.99. The zero-order valence-corrected chi connectivity index (χ0v) is 28.1. The van der Waals surface area contributed by atoms with Gasteiger partial charge < -0.3 is 22.1 Å². The first kappa shape index (κ1) is 32.0. The van der Waals surface area contributed by atoms with E-state index in [2.05, 4.69) is 34.3 Å². The summed E-state index contributed by atoms with van der Waals surface area (Å²) in [6.07, 6.45) is 14.3. The van der Waals surface area contributed by atoms with Crippen LogP contribution in [0.3, 0.4) is 0 Å².